The number of fused-ring (bicyclic) bond motifs is 1. The molecule has 2 amide bonds. The summed E-state index contributed by atoms with van der Waals surface area (Å²) in [5.41, 5.74) is 2.11. The summed E-state index contributed by atoms with van der Waals surface area (Å²) < 4.78 is 12.6. The number of para-hydroxylation sites is 1. The van der Waals surface area contributed by atoms with Crippen molar-refractivity contribution in [3.8, 4) is 11.4 Å². The first-order valence-corrected chi connectivity index (χ1v) is 15.9. The van der Waals surface area contributed by atoms with Crippen LogP contribution in [0.2, 0.25) is 5.02 Å². The van der Waals surface area contributed by atoms with E-state index in [1.165, 1.54) is 23.1 Å². The van der Waals surface area contributed by atoms with Gasteiger partial charge in [0.15, 0.2) is 17.6 Å². The second-order valence-corrected chi connectivity index (χ2v) is 12.5. The van der Waals surface area contributed by atoms with E-state index in [4.69, 9.17) is 21.1 Å². The number of aromatic nitrogens is 3. The smallest absolute Gasteiger partial charge is 0.341 e. The number of aryl methyl sites for hydroxylation is 1. The van der Waals surface area contributed by atoms with Gasteiger partial charge in [0, 0.05) is 9.90 Å². The summed E-state index contributed by atoms with van der Waals surface area (Å²) in [5.74, 6) is 0.00624. The molecule has 2 N–H and O–H groups in total. The maximum atomic E-state index is 13.4. The van der Waals surface area contributed by atoms with Crippen molar-refractivity contribution < 1.29 is 23.9 Å². The predicted octanol–water partition coefficient (Wildman–Crippen LogP) is 5.46. The van der Waals surface area contributed by atoms with Gasteiger partial charge >= 0.3 is 5.97 Å². The Morgan fingerprint density at radius 2 is 1.93 bits per heavy atom. The summed E-state index contributed by atoms with van der Waals surface area (Å²) in [6, 6.07) is 16.2. The van der Waals surface area contributed by atoms with Crippen LogP contribution in [0.5, 0.6) is 5.75 Å². The third kappa shape index (κ3) is 7.38. The van der Waals surface area contributed by atoms with Crippen molar-refractivity contribution in [1.82, 2.24) is 20.1 Å². The van der Waals surface area contributed by atoms with Crippen LogP contribution in [0.15, 0.2) is 59.8 Å². The third-order valence-electron chi connectivity index (χ3n) is 6.61. The number of thiophene rings is 1. The normalized spacial score (nSPS) is 12.8. The van der Waals surface area contributed by atoms with Crippen molar-refractivity contribution in [2.24, 2.45) is 0 Å². The average Bonchev–Trinajstić information content (AvgIpc) is 3.70. The molecule has 0 spiro atoms. The average molecular weight is 640 g/mol. The first-order valence-electron chi connectivity index (χ1n) is 13.8. The minimum Gasteiger partial charge on any atom is -0.484 e. The van der Waals surface area contributed by atoms with Gasteiger partial charge in [0.05, 0.1) is 29.7 Å². The van der Waals surface area contributed by atoms with E-state index >= 15 is 0 Å². The first kappa shape index (κ1) is 30.6. The number of carbonyl (C=O) groups is 3. The fourth-order valence-electron chi connectivity index (χ4n) is 4.60. The molecule has 2 aromatic carbocycles. The van der Waals surface area contributed by atoms with E-state index in [9.17, 15) is 14.4 Å². The number of nitrogens with one attached hydrogen (secondary N) is 2. The highest BCUT2D eigenvalue weighted by molar-refractivity contribution is 8.00. The van der Waals surface area contributed by atoms with Crippen molar-refractivity contribution >= 4 is 57.5 Å². The lowest BCUT2D eigenvalue weighted by Crippen LogP contribution is -2.29. The molecular formula is C30H30ClN5O5S2. The van der Waals surface area contributed by atoms with Crippen molar-refractivity contribution in [3.05, 3.63) is 81.4 Å². The van der Waals surface area contributed by atoms with Crippen molar-refractivity contribution in [2.75, 3.05) is 18.5 Å². The van der Waals surface area contributed by atoms with Crippen LogP contribution < -0.4 is 15.4 Å². The van der Waals surface area contributed by atoms with Crippen LogP contribution in [-0.2, 0) is 33.7 Å². The molecule has 0 bridgehead atoms. The molecule has 2 heterocycles. The fourth-order valence-corrected chi connectivity index (χ4v) is 6.95. The molecule has 5 rings (SSSR count). The number of amides is 2. The Morgan fingerprint density at radius 1 is 1.12 bits per heavy atom. The molecule has 224 valence electrons. The summed E-state index contributed by atoms with van der Waals surface area (Å²) in [5, 5.41) is 15.3. The van der Waals surface area contributed by atoms with Crippen LogP contribution in [0, 0.1) is 0 Å². The van der Waals surface area contributed by atoms with Gasteiger partial charge in [-0.05, 0) is 69.0 Å². The quantitative estimate of drug-likeness (QED) is 0.155. The lowest BCUT2D eigenvalue weighted by molar-refractivity contribution is -0.123. The summed E-state index contributed by atoms with van der Waals surface area (Å²) in [6.45, 7) is 3.68. The van der Waals surface area contributed by atoms with E-state index in [2.05, 4.69) is 20.8 Å². The summed E-state index contributed by atoms with van der Waals surface area (Å²) >= 11 is 8.92. The lowest BCUT2D eigenvalue weighted by Gasteiger charge is -2.15. The molecule has 10 nitrogen and oxygen atoms in total. The molecule has 0 unspecified atom stereocenters. The predicted molar refractivity (Wildman–Crippen MR) is 166 cm³/mol. The monoisotopic (exact) mass is 639 g/mol. The van der Waals surface area contributed by atoms with E-state index < -0.39 is 11.2 Å². The molecule has 1 aliphatic carbocycles. The Bertz CT molecular complexity index is 1620. The van der Waals surface area contributed by atoms with Crippen LogP contribution in [-0.4, -0.2) is 51.0 Å². The number of benzene rings is 2. The molecule has 0 saturated carbocycles. The van der Waals surface area contributed by atoms with Gasteiger partial charge in [-0.15, -0.1) is 21.5 Å². The number of anilines is 1. The van der Waals surface area contributed by atoms with Crippen molar-refractivity contribution in [2.45, 2.75) is 50.1 Å². The standard InChI is InChI=1S/C30H30ClN5O5S2/c1-3-40-29(39)26-22-13-8-14-23(22)43-28(26)33-27(38)18(2)42-30-35-34-24(36(30)20-10-7-9-19(31)15-20)16-32-25(37)17-41-21-11-5-4-6-12-21/h4-7,9-12,15,18H,3,8,13-14,16-17H2,1-2H3,(H,32,37)(H,33,38)/t18-/m0/s1. The first-order chi connectivity index (χ1) is 20.8. The fraction of sp³-hybridized carbons (Fsp3) is 0.300. The number of hydrogen-bond donors (Lipinski definition) is 2. The Kier molecular flexibility index (Phi) is 10.0. The molecular weight excluding hydrogens is 610 g/mol. The van der Waals surface area contributed by atoms with Crippen LogP contribution in [0.1, 0.15) is 46.9 Å². The zero-order chi connectivity index (χ0) is 30.3. The van der Waals surface area contributed by atoms with E-state index in [1.54, 1.807) is 48.7 Å². The van der Waals surface area contributed by atoms with E-state index in [-0.39, 0.29) is 31.6 Å². The number of halogens is 1. The summed E-state index contributed by atoms with van der Waals surface area (Å²) in [7, 11) is 0. The van der Waals surface area contributed by atoms with Gasteiger partial charge in [-0.1, -0.05) is 47.6 Å². The van der Waals surface area contributed by atoms with Crippen molar-refractivity contribution in [3.63, 3.8) is 0 Å². The van der Waals surface area contributed by atoms with Crippen molar-refractivity contribution in [1.29, 1.82) is 0 Å². The number of esters is 1. The highest BCUT2D eigenvalue weighted by Crippen LogP contribution is 2.40. The van der Waals surface area contributed by atoms with E-state index in [1.807, 2.05) is 24.3 Å². The largest absolute Gasteiger partial charge is 0.484 e. The zero-order valence-corrected chi connectivity index (χ0v) is 26.0. The molecule has 1 atom stereocenters. The number of thioether (sulfide) groups is 1. The molecule has 0 saturated heterocycles. The minimum absolute atomic E-state index is 0.0707. The van der Waals surface area contributed by atoms with Gasteiger partial charge in [0.25, 0.3) is 5.91 Å². The number of hydrogen-bond acceptors (Lipinski definition) is 9. The number of ether oxygens (including phenoxy) is 2. The molecule has 13 heteroatoms. The summed E-state index contributed by atoms with van der Waals surface area (Å²) in [4.78, 5) is 39.7. The van der Waals surface area contributed by atoms with Crippen LogP contribution in [0.3, 0.4) is 0 Å². The highest BCUT2D eigenvalue weighted by atomic mass is 35.5. The van der Waals surface area contributed by atoms with Gasteiger partial charge in [-0.25, -0.2) is 4.79 Å². The maximum absolute atomic E-state index is 13.4. The second-order valence-electron chi connectivity index (χ2n) is 9.62. The zero-order valence-electron chi connectivity index (χ0n) is 23.6. The van der Waals surface area contributed by atoms with Gasteiger partial charge in [0.2, 0.25) is 5.91 Å². The Balaban J connectivity index is 1.31. The lowest BCUT2D eigenvalue weighted by atomic mass is 10.1. The van der Waals surface area contributed by atoms with Crippen LogP contribution in [0.25, 0.3) is 5.69 Å². The van der Waals surface area contributed by atoms with Gasteiger partial charge in [-0.3, -0.25) is 14.2 Å². The van der Waals surface area contributed by atoms with Crippen LogP contribution >= 0.6 is 34.7 Å². The van der Waals surface area contributed by atoms with Gasteiger partial charge < -0.3 is 20.1 Å². The van der Waals surface area contributed by atoms with E-state index in [0.717, 1.165) is 29.7 Å². The van der Waals surface area contributed by atoms with E-state index in [0.29, 0.717) is 38.0 Å². The Labute approximate surface area is 262 Å². The van der Waals surface area contributed by atoms with Crippen LogP contribution in [0.4, 0.5) is 5.00 Å². The second kappa shape index (κ2) is 14.1. The molecule has 1 aliphatic rings. The minimum atomic E-state index is -0.601. The van der Waals surface area contributed by atoms with Gasteiger partial charge in [-0.2, -0.15) is 0 Å². The maximum Gasteiger partial charge on any atom is 0.341 e. The Morgan fingerprint density at radius 3 is 2.70 bits per heavy atom. The number of rotatable bonds is 12. The van der Waals surface area contributed by atoms with Gasteiger partial charge in [0.1, 0.15) is 10.8 Å². The topological polar surface area (TPSA) is 124 Å². The highest BCUT2D eigenvalue weighted by Gasteiger charge is 2.30. The SMILES string of the molecule is CCOC(=O)c1c(NC(=O)[C@H](C)Sc2nnc(CNC(=O)COc3ccccc3)n2-c2cccc(Cl)c2)sc2c1CCC2. The molecule has 4 aromatic rings. The molecule has 2 aromatic heterocycles. The number of nitrogens with zero attached hydrogens (tertiary/aromatic N) is 3. The molecule has 43 heavy (non-hydrogen) atoms. The number of carbonyl (C=O) groups excluding carboxylic acids is 3. The Hall–Kier alpha value is -3.87. The summed E-state index contributed by atoms with van der Waals surface area (Å²) in [6.07, 6.45) is 2.66. The third-order valence-corrected chi connectivity index (χ3v) is 9.10. The molecule has 0 fully saturated rings. The molecule has 0 radical (unpaired) electrons. The molecule has 0 aliphatic heterocycles.